The molecule has 19 heavy (non-hydrogen) atoms. The van der Waals surface area contributed by atoms with Crippen molar-refractivity contribution in [2.24, 2.45) is 0 Å². The number of carbonyl (C=O) groups excluding carboxylic acids is 1. The zero-order valence-corrected chi connectivity index (χ0v) is 11.0. The van der Waals surface area contributed by atoms with Crippen molar-refractivity contribution in [3.8, 4) is 0 Å². The van der Waals surface area contributed by atoms with E-state index >= 15 is 0 Å². The molecule has 0 radical (unpaired) electrons. The van der Waals surface area contributed by atoms with Gasteiger partial charge in [-0.2, -0.15) is 0 Å². The van der Waals surface area contributed by atoms with Gasteiger partial charge in [-0.15, -0.1) is 5.10 Å². The van der Waals surface area contributed by atoms with Gasteiger partial charge in [0.25, 0.3) is 0 Å². The van der Waals surface area contributed by atoms with Crippen LogP contribution >= 0.6 is 0 Å². The average Bonchev–Trinajstić information content (AvgIpc) is 3.02. The molecule has 2 aromatic heterocycles. The molecule has 0 saturated carbocycles. The molecule has 0 amide bonds. The fourth-order valence-electron chi connectivity index (χ4n) is 2.52. The van der Waals surface area contributed by atoms with Crippen LogP contribution < -0.4 is 0 Å². The molecule has 1 aliphatic rings. The van der Waals surface area contributed by atoms with Crippen LogP contribution in [0.3, 0.4) is 0 Å². The Morgan fingerprint density at radius 2 is 2.37 bits per heavy atom. The Morgan fingerprint density at radius 1 is 1.53 bits per heavy atom. The van der Waals surface area contributed by atoms with Gasteiger partial charge in [0, 0.05) is 6.20 Å². The third-order valence-electron chi connectivity index (χ3n) is 3.59. The number of esters is 1. The molecule has 0 aliphatic carbocycles. The predicted molar refractivity (Wildman–Crippen MR) is 68.9 cm³/mol. The van der Waals surface area contributed by atoms with Gasteiger partial charge in [0.2, 0.25) is 0 Å². The number of ether oxygens (including phenoxy) is 1. The zero-order chi connectivity index (χ0) is 13.4. The minimum absolute atomic E-state index is 0.279. The fourth-order valence-corrected chi connectivity index (χ4v) is 2.52. The summed E-state index contributed by atoms with van der Waals surface area (Å²) >= 11 is 0. The van der Waals surface area contributed by atoms with E-state index in [4.69, 9.17) is 4.74 Å². The van der Waals surface area contributed by atoms with Gasteiger partial charge in [-0.3, -0.25) is 4.90 Å². The van der Waals surface area contributed by atoms with Crippen molar-refractivity contribution in [3.05, 3.63) is 29.7 Å². The van der Waals surface area contributed by atoms with Crippen molar-refractivity contribution in [1.82, 2.24) is 19.5 Å². The van der Waals surface area contributed by atoms with Gasteiger partial charge in [-0.25, -0.2) is 14.3 Å². The highest BCUT2D eigenvalue weighted by Gasteiger charge is 2.26. The van der Waals surface area contributed by atoms with E-state index in [2.05, 4.69) is 22.0 Å². The van der Waals surface area contributed by atoms with E-state index in [1.165, 1.54) is 13.5 Å². The summed E-state index contributed by atoms with van der Waals surface area (Å²) in [5, 5.41) is 4.48. The minimum Gasteiger partial charge on any atom is -0.465 e. The molecule has 1 unspecified atom stereocenters. The van der Waals surface area contributed by atoms with Crippen LogP contribution in [0.1, 0.15) is 35.1 Å². The van der Waals surface area contributed by atoms with Gasteiger partial charge in [0.05, 0.1) is 18.7 Å². The van der Waals surface area contributed by atoms with E-state index in [1.807, 2.05) is 0 Å². The number of hydrogen-bond acceptors (Lipinski definition) is 5. The number of carbonyl (C=O) groups is 1. The van der Waals surface area contributed by atoms with Crippen molar-refractivity contribution >= 4 is 11.6 Å². The predicted octanol–water partition coefficient (Wildman–Crippen LogP) is 1.28. The van der Waals surface area contributed by atoms with Gasteiger partial charge in [0.1, 0.15) is 0 Å². The highest BCUT2D eigenvalue weighted by atomic mass is 16.5. The second kappa shape index (κ2) is 4.62. The molecule has 3 rings (SSSR count). The van der Waals surface area contributed by atoms with Crippen LogP contribution in [0.2, 0.25) is 0 Å². The second-order valence-electron chi connectivity index (χ2n) is 4.82. The Bertz CT molecular complexity index is 622. The molecular formula is C13H16N4O2. The van der Waals surface area contributed by atoms with E-state index in [-0.39, 0.29) is 12.0 Å². The normalized spacial score (nSPS) is 20.0. The summed E-state index contributed by atoms with van der Waals surface area (Å²) in [7, 11) is 3.46. The number of nitrogens with zero attached hydrogens (tertiary/aromatic N) is 4. The number of hydrogen-bond donors (Lipinski definition) is 0. The third kappa shape index (κ3) is 2.08. The first-order valence-corrected chi connectivity index (χ1v) is 6.34. The molecule has 1 saturated heterocycles. The molecule has 6 nitrogen and oxygen atoms in total. The molecule has 0 N–H and O–H groups in total. The Labute approximate surface area is 111 Å². The number of likely N-dealkylation sites (tertiary alicyclic amines) is 1. The molecule has 1 aliphatic heterocycles. The first-order chi connectivity index (χ1) is 9.19. The Balaban J connectivity index is 1.98. The first kappa shape index (κ1) is 12.1. The van der Waals surface area contributed by atoms with E-state index < -0.39 is 0 Å². The number of methoxy groups -OCH3 is 1. The van der Waals surface area contributed by atoms with Crippen LogP contribution in [0.4, 0.5) is 0 Å². The maximum Gasteiger partial charge on any atom is 0.338 e. The summed E-state index contributed by atoms with van der Waals surface area (Å²) in [5.74, 6) is 0.465. The molecule has 0 spiro atoms. The zero-order valence-electron chi connectivity index (χ0n) is 11.0. The average molecular weight is 260 g/mol. The SMILES string of the molecule is COC(=O)c1ccn2nc(C3CCCN3C)nc2c1. The summed E-state index contributed by atoms with van der Waals surface area (Å²) in [6.45, 7) is 1.08. The van der Waals surface area contributed by atoms with Gasteiger partial charge in [-0.1, -0.05) is 0 Å². The quantitative estimate of drug-likeness (QED) is 0.761. The van der Waals surface area contributed by atoms with Gasteiger partial charge >= 0.3 is 5.97 Å². The van der Waals surface area contributed by atoms with Crippen LogP contribution in [0.5, 0.6) is 0 Å². The lowest BCUT2D eigenvalue weighted by atomic mass is 10.2. The fraction of sp³-hybridized carbons (Fsp3) is 0.462. The third-order valence-corrected chi connectivity index (χ3v) is 3.59. The smallest absolute Gasteiger partial charge is 0.338 e. The van der Waals surface area contributed by atoms with Crippen molar-refractivity contribution in [2.45, 2.75) is 18.9 Å². The van der Waals surface area contributed by atoms with Crippen molar-refractivity contribution in [3.63, 3.8) is 0 Å². The standard InChI is InChI=1S/C13H16N4O2/c1-16-6-3-4-10(16)12-14-11-8-9(13(18)19-2)5-7-17(11)15-12/h5,7-8,10H,3-4,6H2,1-2H3. The monoisotopic (exact) mass is 260 g/mol. The minimum atomic E-state index is -0.356. The number of fused-ring (bicyclic) bond motifs is 1. The summed E-state index contributed by atoms with van der Waals surface area (Å²) in [6.07, 6.45) is 3.99. The van der Waals surface area contributed by atoms with E-state index in [1.54, 1.807) is 22.8 Å². The lowest BCUT2D eigenvalue weighted by Gasteiger charge is -2.15. The molecule has 2 aromatic rings. The van der Waals surface area contributed by atoms with Crippen LogP contribution in [0.15, 0.2) is 18.3 Å². The molecule has 1 atom stereocenters. The number of rotatable bonds is 2. The highest BCUT2D eigenvalue weighted by Crippen LogP contribution is 2.28. The second-order valence-corrected chi connectivity index (χ2v) is 4.82. The Hall–Kier alpha value is -1.95. The molecule has 0 aromatic carbocycles. The van der Waals surface area contributed by atoms with Gasteiger partial charge < -0.3 is 4.74 Å². The molecule has 3 heterocycles. The summed E-state index contributed by atoms with van der Waals surface area (Å²) < 4.78 is 6.41. The van der Waals surface area contributed by atoms with E-state index in [0.717, 1.165) is 18.8 Å². The van der Waals surface area contributed by atoms with E-state index in [9.17, 15) is 4.79 Å². The highest BCUT2D eigenvalue weighted by molar-refractivity contribution is 5.90. The number of aromatic nitrogens is 3. The first-order valence-electron chi connectivity index (χ1n) is 6.34. The van der Waals surface area contributed by atoms with Crippen LogP contribution in [0, 0.1) is 0 Å². The lowest BCUT2D eigenvalue weighted by molar-refractivity contribution is 0.0600. The molecule has 6 heteroatoms. The van der Waals surface area contributed by atoms with E-state index in [0.29, 0.717) is 11.2 Å². The molecule has 1 fully saturated rings. The van der Waals surface area contributed by atoms with Crippen molar-refractivity contribution < 1.29 is 9.53 Å². The van der Waals surface area contributed by atoms with Gasteiger partial charge in [0.15, 0.2) is 11.5 Å². The van der Waals surface area contributed by atoms with Crippen LogP contribution in [-0.4, -0.2) is 46.2 Å². The lowest BCUT2D eigenvalue weighted by Crippen LogP contribution is -2.18. The summed E-state index contributed by atoms with van der Waals surface area (Å²) in [4.78, 5) is 18.3. The topological polar surface area (TPSA) is 59.7 Å². The number of pyridine rings is 1. The van der Waals surface area contributed by atoms with Gasteiger partial charge in [-0.05, 0) is 38.6 Å². The Morgan fingerprint density at radius 3 is 3.05 bits per heavy atom. The molecule has 100 valence electrons. The van der Waals surface area contributed by atoms with Crippen molar-refractivity contribution in [2.75, 3.05) is 20.7 Å². The summed E-state index contributed by atoms with van der Waals surface area (Å²) in [6, 6.07) is 3.67. The van der Waals surface area contributed by atoms with Crippen LogP contribution in [-0.2, 0) is 4.74 Å². The maximum atomic E-state index is 11.5. The molecular weight excluding hydrogens is 244 g/mol. The largest absolute Gasteiger partial charge is 0.465 e. The Kier molecular flexibility index (Phi) is 2.94. The maximum absolute atomic E-state index is 11.5. The van der Waals surface area contributed by atoms with Crippen LogP contribution in [0.25, 0.3) is 5.65 Å². The summed E-state index contributed by atoms with van der Waals surface area (Å²) in [5.41, 5.74) is 1.17. The molecule has 0 bridgehead atoms. The van der Waals surface area contributed by atoms with Crippen molar-refractivity contribution in [1.29, 1.82) is 0 Å².